The zero-order valence-corrected chi connectivity index (χ0v) is 15.2. The number of phenols is 2. The maximum absolute atomic E-state index is 11.3. The van der Waals surface area contributed by atoms with Crippen LogP contribution in [0.1, 0.15) is 76.8 Å². The maximum Gasteiger partial charge on any atom is 0.339 e. The van der Waals surface area contributed by atoms with Crippen molar-refractivity contribution < 1.29 is 30.0 Å². The second-order valence-electron chi connectivity index (χ2n) is 6.57. The fraction of sp³-hybridized carbons (Fsp3) is 0.333. The van der Waals surface area contributed by atoms with Gasteiger partial charge in [0.15, 0.2) is 0 Å². The number of aromatic hydroxyl groups is 2. The molecule has 27 heavy (non-hydrogen) atoms. The van der Waals surface area contributed by atoms with Crippen LogP contribution in [0.3, 0.4) is 0 Å². The molecule has 0 aliphatic rings. The molecule has 0 spiro atoms. The molecule has 0 saturated heterocycles. The number of carboxylic acids is 2. The van der Waals surface area contributed by atoms with Crippen molar-refractivity contribution in [2.75, 3.05) is 0 Å². The van der Waals surface area contributed by atoms with Crippen LogP contribution >= 0.6 is 0 Å². The Balaban J connectivity index is 2.46. The smallest absolute Gasteiger partial charge is 0.339 e. The molecule has 2 rings (SSSR count). The molecule has 0 unspecified atom stereocenters. The van der Waals surface area contributed by atoms with Crippen molar-refractivity contribution in [2.24, 2.45) is 0 Å². The van der Waals surface area contributed by atoms with Crippen LogP contribution in [-0.4, -0.2) is 32.4 Å². The van der Waals surface area contributed by atoms with Crippen LogP contribution in [0.15, 0.2) is 36.4 Å². The van der Waals surface area contributed by atoms with Crippen molar-refractivity contribution in [3.05, 3.63) is 58.7 Å². The number of hydrogen-bond acceptors (Lipinski definition) is 4. The fourth-order valence-corrected chi connectivity index (χ4v) is 3.18. The van der Waals surface area contributed by atoms with E-state index in [2.05, 4.69) is 6.92 Å². The van der Waals surface area contributed by atoms with Gasteiger partial charge in [-0.2, -0.15) is 0 Å². The summed E-state index contributed by atoms with van der Waals surface area (Å²) in [6, 6.07) is 8.84. The number of aromatic carboxylic acids is 2. The highest BCUT2D eigenvalue weighted by molar-refractivity contribution is 5.91. The zero-order valence-electron chi connectivity index (χ0n) is 15.2. The second-order valence-corrected chi connectivity index (χ2v) is 6.57. The monoisotopic (exact) mass is 372 g/mol. The molecule has 6 nitrogen and oxygen atoms in total. The van der Waals surface area contributed by atoms with Crippen LogP contribution in [0.25, 0.3) is 0 Å². The van der Waals surface area contributed by atoms with Crippen LogP contribution in [0, 0.1) is 0 Å². The second kappa shape index (κ2) is 9.07. The third-order valence-electron chi connectivity index (χ3n) is 4.65. The summed E-state index contributed by atoms with van der Waals surface area (Å²) in [6.45, 7) is 2.11. The molecule has 2 aromatic carbocycles. The Bertz CT molecular complexity index is 764. The molecular formula is C21H24O6. The van der Waals surface area contributed by atoms with E-state index in [0.29, 0.717) is 17.5 Å². The first-order valence-corrected chi connectivity index (χ1v) is 8.97. The van der Waals surface area contributed by atoms with Gasteiger partial charge in [-0.1, -0.05) is 44.7 Å². The van der Waals surface area contributed by atoms with E-state index in [1.54, 1.807) is 12.1 Å². The van der Waals surface area contributed by atoms with Gasteiger partial charge in [0.05, 0.1) is 0 Å². The summed E-state index contributed by atoms with van der Waals surface area (Å²) in [5.74, 6) is -3.31. The van der Waals surface area contributed by atoms with Crippen molar-refractivity contribution in [1.82, 2.24) is 0 Å². The molecule has 2 aromatic rings. The van der Waals surface area contributed by atoms with Gasteiger partial charge in [-0.05, 0) is 41.8 Å². The van der Waals surface area contributed by atoms with Crippen LogP contribution < -0.4 is 0 Å². The first-order valence-electron chi connectivity index (χ1n) is 8.97. The van der Waals surface area contributed by atoms with E-state index in [1.165, 1.54) is 24.3 Å². The minimum atomic E-state index is -1.23. The Kier molecular flexibility index (Phi) is 6.82. The molecule has 0 bridgehead atoms. The van der Waals surface area contributed by atoms with Gasteiger partial charge in [-0.3, -0.25) is 0 Å². The zero-order chi connectivity index (χ0) is 20.0. The highest BCUT2D eigenvalue weighted by Crippen LogP contribution is 2.34. The number of carbonyl (C=O) groups is 2. The average molecular weight is 372 g/mol. The summed E-state index contributed by atoms with van der Waals surface area (Å²) in [6.07, 6.45) is 4.77. The van der Waals surface area contributed by atoms with Gasteiger partial charge in [0.2, 0.25) is 0 Å². The first-order chi connectivity index (χ1) is 12.8. The lowest BCUT2D eigenvalue weighted by Gasteiger charge is -2.20. The Labute approximate surface area is 157 Å². The molecule has 0 saturated carbocycles. The Morgan fingerprint density at radius 3 is 1.70 bits per heavy atom. The number of carboxylic acid groups (broad SMARTS) is 2. The van der Waals surface area contributed by atoms with Gasteiger partial charge in [0, 0.05) is 5.92 Å². The molecule has 0 atom stereocenters. The quantitative estimate of drug-likeness (QED) is 0.478. The van der Waals surface area contributed by atoms with E-state index in [-0.39, 0.29) is 28.5 Å². The largest absolute Gasteiger partial charge is 0.507 e. The van der Waals surface area contributed by atoms with Gasteiger partial charge in [0.1, 0.15) is 22.6 Å². The van der Waals surface area contributed by atoms with Gasteiger partial charge >= 0.3 is 11.9 Å². The lowest BCUT2D eigenvalue weighted by Crippen LogP contribution is -2.06. The minimum Gasteiger partial charge on any atom is -0.507 e. The van der Waals surface area contributed by atoms with E-state index in [0.717, 1.165) is 25.7 Å². The fourth-order valence-electron chi connectivity index (χ4n) is 3.18. The van der Waals surface area contributed by atoms with Gasteiger partial charge in [-0.15, -0.1) is 0 Å². The molecule has 0 aliphatic heterocycles. The van der Waals surface area contributed by atoms with Crippen molar-refractivity contribution in [3.8, 4) is 11.5 Å². The van der Waals surface area contributed by atoms with Crippen molar-refractivity contribution in [3.63, 3.8) is 0 Å². The molecule has 0 radical (unpaired) electrons. The van der Waals surface area contributed by atoms with Crippen LogP contribution in [0.4, 0.5) is 0 Å². The standard InChI is InChI=1S/C21H24O6/c1-2-3-4-5-6-15(13-7-9-18(22)16(11-13)20(24)25)14-8-10-19(23)17(12-14)21(26)27/h7-12,15,22-23H,2-6H2,1H3,(H,24,25)(H,26,27). The molecule has 0 aliphatic carbocycles. The molecular weight excluding hydrogens is 348 g/mol. The summed E-state index contributed by atoms with van der Waals surface area (Å²) >= 11 is 0. The van der Waals surface area contributed by atoms with Crippen molar-refractivity contribution >= 4 is 11.9 Å². The number of unbranched alkanes of at least 4 members (excludes halogenated alkanes) is 3. The number of hydrogen-bond donors (Lipinski definition) is 4. The van der Waals surface area contributed by atoms with E-state index < -0.39 is 11.9 Å². The summed E-state index contributed by atoms with van der Waals surface area (Å²) < 4.78 is 0. The molecule has 0 heterocycles. The number of rotatable bonds is 9. The van der Waals surface area contributed by atoms with E-state index in [9.17, 15) is 30.0 Å². The van der Waals surface area contributed by atoms with Gasteiger partial charge in [-0.25, -0.2) is 9.59 Å². The van der Waals surface area contributed by atoms with Crippen molar-refractivity contribution in [2.45, 2.75) is 44.9 Å². The van der Waals surface area contributed by atoms with E-state index in [4.69, 9.17) is 0 Å². The third-order valence-corrected chi connectivity index (χ3v) is 4.65. The Hall–Kier alpha value is -3.02. The summed E-state index contributed by atoms with van der Waals surface area (Å²) in [5.41, 5.74) is 0.985. The van der Waals surface area contributed by atoms with Gasteiger partial charge < -0.3 is 20.4 Å². The van der Waals surface area contributed by atoms with Crippen LogP contribution in [0.5, 0.6) is 11.5 Å². The van der Waals surface area contributed by atoms with Crippen molar-refractivity contribution in [1.29, 1.82) is 0 Å². The number of benzene rings is 2. The van der Waals surface area contributed by atoms with E-state index >= 15 is 0 Å². The first kappa shape index (κ1) is 20.3. The summed E-state index contributed by atoms with van der Waals surface area (Å²) in [5, 5.41) is 38.1. The lowest BCUT2D eigenvalue weighted by molar-refractivity contribution is 0.0682. The Morgan fingerprint density at radius 1 is 0.815 bits per heavy atom. The Morgan fingerprint density at radius 2 is 1.30 bits per heavy atom. The molecule has 4 N–H and O–H groups in total. The summed E-state index contributed by atoms with van der Waals surface area (Å²) in [7, 11) is 0. The highest BCUT2D eigenvalue weighted by Gasteiger charge is 2.20. The topological polar surface area (TPSA) is 115 Å². The average Bonchev–Trinajstić information content (AvgIpc) is 2.63. The summed E-state index contributed by atoms with van der Waals surface area (Å²) in [4.78, 5) is 22.7. The third kappa shape index (κ3) is 5.00. The molecule has 6 heteroatoms. The predicted molar refractivity (Wildman–Crippen MR) is 101 cm³/mol. The molecule has 0 fully saturated rings. The lowest BCUT2D eigenvalue weighted by atomic mass is 9.85. The molecule has 0 amide bonds. The minimum absolute atomic E-state index is 0.191. The SMILES string of the molecule is CCCCCCC(c1ccc(O)c(C(=O)O)c1)c1ccc(O)c(C(=O)O)c1. The van der Waals surface area contributed by atoms with Crippen LogP contribution in [-0.2, 0) is 0 Å². The van der Waals surface area contributed by atoms with E-state index in [1.807, 2.05) is 0 Å². The molecule has 144 valence electrons. The van der Waals surface area contributed by atoms with Gasteiger partial charge in [0.25, 0.3) is 0 Å². The van der Waals surface area contributed by atoms with Crippen LogP contribution in [0.2, 0.25) is 0 Å². The normalized spacial score (nSPS) is 10.9. The maximum atomic E-state index is 11.3. The predicted octanol–water partition coefficient (Wildman–Crippen LogP) is 4.60. The highest BCUT2D eigenvalue weighted by atomic mass is 16.4. The molecule has 0 aromatic heterocycles.